The van der Waals surface area contributed by atoms with Gasteiger partial charge in [-0.3, -0.25) is 4.90 Å². The van der Waals surface area contributed by atoms with Crippen LogP contribution in [0, 0.1) is 0 Å². The fraction of sp³-hybridized carbons (Fsp3) is 0.667. The highest BCUT2D eigenvalue weighted by Crippen LogP contribution is 2.00. The van der Waals surface area contributed by atoms with Gasteiger partial charge in [-0.1, -0.05) is 5.16 Å². The number of ether oxygens (including phenoxy) is 1. The van der Waals surface area contributed by atoms with Crippen molar-refractivity contribution in [1.29, 1.82) is 0 Å². The molecule has 0 radical (unpaired) electrons. The highest BCUT2D eigenvalue weighted by molar-refractivity contribution is 5.73. The van der Waals surface area contributed by atoms with Crippen molar-refractivity contribution in [2.45, 2.75) is 0 Å². The van der Waals surface area contributed by atoms with E-state index in [1.165, 1.54) is 13.3 Å². The van der Waals surface area contributed by atoms with E-state index in [1.807, 2.05) is 0 Å². The van der Waals surface area contributed by atoms with Crippen LogP contribution in [-0.2, 0) is 9.57 Å². The molecule has 1 rings (SSSR count). The summed E-state index contributed by atoms with van der Waals surface area (Å²) in [6.45, 7) is 1.56. The molecule has 1 saturated heterocycles. The maximum atomic E-state index is 10.8. The Kier molecular flexibility index (Phi) is 2.71. The van der Waals surface area contributed by atoms with Crippen LogP contribution in [0.5, 0.6) is 0 Å². The van der Waals surface area contributed by atoms with Gasteiger partial charge in [0.05, 0.1) is 19.3 Å². The fourth-order valence-electron chi connectivity index (χ4n) is 0.798. The number of amides is 1. The first-order chi connectivity index (χ1) is 5.34. The standard InChI is InChI=1S/C6H10N2O3/c1-10-7-2-3-8-4-5-11-6(8)9/h2H,3-5H2,1H3. The van der Waals surface area contributed by atoms with Gasteiger partial charge in [0.15, 0.2) is 0 Å². The van der Waals surface area contributed by atoms with Crippen LogP contribution in [0.4, 0.5) is 4.79 Å². The zero-order valence-electron chi connectivity index (χ0n) is 6.32. The van der Waals surface area contributed by atoms with Gasteiger partial charge < -0.3 is 9.57 Å². The monoisotopic (exact) mass is 158 g/mol. The topological polar surface area (TPSA) is 51.1 Å². The van der Waals surface area contributed by atoms with Crippen molar-refractivity contribution in [3.05, 3.63) is 0 Å². The lowest BCUT2D eigenvalue weighted by atomic mass is 10.6. The maximum Gasteiger partial charge on any atom is 0.410 e. The molecule has 0 atom stereocenters. The third-order valence-corrected chi connectivity index (χ3v) is 1.33. The Balaban J connectivity index is 2.25. The summed E-state index contributed by atoms with van der Waals surface area (Å²) in [7, 11) is 1.46. The molecule has 0 aromatic carbocycles. The molecule has 0 spiro atoms. The first-order valence-electron chi connectivity index (χ1n) is 3.31. The highest BCUT2D eigenvalue weighted by atomic mass is 16.6. The smallest absolute Gasteiger partial charge is 0.410 e. The molecule has 0 aliphatic carbocycles. The molecule has 5 heteroatoms. The number of hydrogen-bond acceptors (Lipinski definition) is 4. The Morgan fingerprint density at radius 1 is 1.91 bits per heavy atom. The summed E-state index contributed by atoms with van der Waals surface area (Å²) in [6.07, 6.45) is 1.24. The molecule has 1 aliphatic heterocycles. The van der Waals surface area contributed by atoms with Gasteiger partial charge >= 0.3 is 6.09 Å². The summed E-state index contributed by atoms with van der Waals surface area (Å²) in [5, 5.41) is 3.50. The maximum absolute atomic E-state index is 10.8. The number of oxime groups is 1. The lowest BCUT2D eigenvalue weighted by Crippen LogP contribution is -2.26. The molecule has 1 heterocycles. The van der Waals surface area contributed by atoms with E-state index >= 15 is 0 Å². The van der Waals surface area contributed by atoms with Crippen LogP contribution in [0.3, 0.4) is 0 Å². The van der Waals surface area contributed by atoms with E-state index in [1.54, 1.807) is 4.90 Å². The average Bonchev–Trinajstić information content (AvgIpc) is 2.37. The quantitative estimate of drug-likeness (QED) is 0.431. The van der Waals surface area contributed by atoms with Crippen molar-refractivity contribution < 1.29 is 14.4 Å². The summed E-state index contributed by atoms with van der Waals surface area (Å²) < 4.78 is 4.68. The van der Waals surface area contributed by atoms with Crippen LogP contribution in [0.1, 0.15) is 0 Å². The Morgan fingerprint density at radius 2 is 2.73 bits per heavy atom. The van der Waals surface area contributed by atoms with Crippen LogP contribution in [0.2, 0.25) is 0 Å². The number of nitrogens with zero attached hydrogens (tertiary/aromatic N) is 2. The number of rotatable bonds is 3. The largest absolute Gasteiger partial charge is 0.448 e. The zero-order valence-corrected chi connectivity index (χ0v) is 6.32. The van der Waals surface area contributed by atoms with Gasteiger partial charge in [-0.15, -0.1) is 0 Å². The normalized spacial score (nSPS) is 17.5. The van der Waals surface area contributed by atoms with Crippen LogP contribution in [0.15, 0.2) is 5.16 Å². The van der Waals surface area contributed by atoms with Crippen molar-refractivity contribution in [1.82, 2.24) is 4.90 Å². The number of hydrogen-bond donors (Lipinski definition) is 0. The van der Waals surface area contributed by atoms with Gasteiger partial charge in [-0.05, 0) is 0 Å². The molecule has 0 N–H and O–H groups in total. The van der Waals surface area contributed by atoms with E-state index < -0.39 is 0 Å². The molecule has 0 saturated carbocycles. The molecule has 1 aliphatic rings. The van der Waals surface area contributed by atoms with E-state index in [9.17, 15) is 4.79 Å². The first-order valence-corrected chi connectivity index (χ1v) is 3.31. The molecule has 0 aromatic rings. The van der Waals surface area contributed by atoms with Gasteiger partial charge in [-0.25, -0.2) is 4.79 Å². The Bertz CT molecular complexity index is 169. The summed E-state index contributed by atoms with van der Waals surface area (Å²) in [5.41, 5.74) is 0. The third kappa shape index (κ3) is 2.10. The van der Waals surface area contributed by atoms with Crippen molar-refractivity contribution >= 4 is 12.3 Å². The minimum atomic E-state index is -0.285. The Morgan fingerprint density at radius 3 is 3.27 bits per heavy atom. The van der Waals surface area contributed by atoms with Gasteiger partial charge in [0.25, 0.3) is 0 Å². The van der Waals surface area contributed by atoms with Crippen LogP contribution >= 0.6 is 0 Å². The van der Waals surface area contributed by atoms with Crippen molar-refractivity contribution in [3.63, 3.8) is 0 Å². The highest BCUT2D eigenvalue weighted by Gasteiger charge is 2.20. The third-order valence-electron chi connectivity index (χ3n) is 1.33. The summed E-state index contributed by atoms with van der Waals surface area (Å²) >= 11 is 0. The Hall–Kier alpha value is -1.26. The van der Waals surface area contributed by atoms with Crippen molar-refractivity contribution in [2.24, 2.45) is 5.16 Å². The van der Waals surface area contributed by atoms with Gasteiger partial charge in [-0.2, -0.15) is 0 Å². The number of cyclic esters (lactones) is 1. The molecule has 11 heavy (non-hydrogen) atoms. The van der Waals surface area contributed by atoms with Crippen molar-refractivity contribution in [3.8, 4) is 0 Å². The molecule has 1 fully saturated rings. The lowest BCUT2D eigenvalue weighted by molar-refractivity contribution is 0.161. The fourth-order valence-corrected chi connectivity index (χ4v) is 0.798. The van der Waals surface area contributed by atoms with E-state index in [0.29, 0.717) is 19.7 Å². The van der Waals surface area contributed by atoms with Crippen molar-refractivity contribution in [2.75, 3.05) is 26.8 Å². The van der Waals surface area contributed by atoms with E-state index in [2.05, 4.69) is 14.7 Å². The number of carbonyl (C=O) groups is 1. The van der Waals surface area contributed by atoms with Crippen LogP contribution in [0.25, 0.3) is 0 Å². The molecular formula is C6H10N2O3. The second-order valence-corrected chi connectivity index (χ2v) is 2.03. The molecule has 0 aromatic heterocycles. The minimum Gasteiger partial charge on any atom is -0.448 e. The second-order valence-electron chi connectivity index (χ2n) is 2.03. The SMILES string of the molecule is CON=CCN1CCOC1=O. The lowest BCUT2D eigenvalue weighted by Gasteiger charge is -2.06. The van der Waals surface area contributed by atoms with Gasteiger partial charge in [0.2, 0.25) is 0 Å². The zero-order chi connectivity index (χ0) is 8.10. The first kappa shape index (κ1) is 7.84. The molecule has 1 amide bonds. The van der Waals surface area contributed by atoms with Crippen LogP contribution < -0.4 is 0 Å². The minimum absolute atomic E-state index is 0.285. The molecule has 62 valence electrons. The molecule has 0 unspecified atom stereocenters. The number of carbonyl (C=O) groups excluding carboxylic acids is 1. The predicted molar refractivity (Wildman–Crippen MR) is 38.4 cm³/mol. The van der Waals surface area contributed by atoms with E-state index in [4.69, 9.17) is 0 Å². The summed E-state index contributed by atoms with van der Waals surface area (Å²) in [6, 6.07) is 0. The molecule has 0 bridgehead atoms. The summed E-state index contributed by atoms with van der Waals surface area (Å²) in [5.74, 6) is 0. The average molecular weight is 158 g/mol. The molecule has 5 nitrogen and oxygen atoms in total. The Labute approximate surface area is 64.6 Å². The second kappa shape index (κ2) is 3.80. The van der Waals surface area contributed by atoms with Gasteiger partial charge in [0.1, 0.15) is 13.7 Å². The predicted octanol–water partition coefficient (Wildman–Crippen LogP) is 0.0708. The molecular weight excluding hydrogens is 148 g/mol. The summed E-state index contributed by atoms with van der Waals surface area (Å²) in [4.78, 5) is 16.7. The van der Waals surface area contributed by atoms with Crippen LogP contribution in [-0.4, -0.2) is 44.0 Å². The van der Waals surface area contributed by atoms with E-state index in [-0.39, 0.29) is 6.09 Å². The van der Waals surface area contributed by atoms with Gasteiger partial charge in [0, 0.05) is 0 Å². The van der Waals surface area contributed by atoms with E-state index in [0.717, 1.165) is 0 Å².